The molecule has 0 fully saturated rings. The minimum atomic E-state index is -3.72. The van der Waals surface area contributed by atoms with Crippen LogP contribution in [0.25, 0.3) is 0 Å². The lowest BCUT2D eigenvalue weighted by Gasteiger charge is -2.23. The second-order valence-corrected chi connectivity index (χ2v) is 8.60. The number of carboxylic acid groups (broad SMARTS) is 1. The van der Waals surface area contributed by atoms with Gasteiger partial charge in [0.15, 0.2) is 0 Å². The van der Waals surface area contributed by atoms with Gasteiger partial charge in [-0.15, -0.1) is 0 Å². The Morgan fingerprint density at radius 2 is 1.64 bits per heavy atom. The summed E-state index contributed by atoms with van der Waals surface area (Å²) in [5, 5.41) is 10.5. The molecule has 0 saturated carbocycles. The van der Waals surface area contributed by atoms with Gasteiger partial charge >= 0.3 is 0 Å². The molecule has 2 rings (SSSR count). The van der Waals surface area contributed by atoms with Crippen molar-refractivity contribution in [1.82, 2.24) is 0 Å². The average Bonchev–Trinajstić information content (AvgIpc) is 2.52. The predicted octanol–water partition coefficient (Wildman–Crippen LogP) is 2.47. The van der Waals surface area contributed by atoms with Crippen LogP contribution in [0.1, 0.15) is 38.3 Å². The predicted molar refractivity (Wildman–Crippen MR) is 95.7 cm³/mol. The quantitative estimate of drug-likeness (QED) is 0.857. The lowest BCUT2D eigenvalue weighted by atomic mass is 9.86. The molecule has 0 heterocycles. The first kappa shape index (κ1) is 19.0. The number of carboxylic acids is 1. The number of benzene rings is 2. The molecule has 0 bridgehead atoms. The van der Waals surface area contributed by atoms with Crippen molar-refractivity contribution in [3.05, 3.63) is 59.7 Å². The number of hydrogen-bond acceptors (Lipinski definition) is 4. The maximum Gasteiger partial charge on any atom is 0.261 e. The van der Waals surface area contributed by atoms with E-state index in [0.29, 0.717) is 12.1 Å². The fraction of sp³-hybridized carbons (Fsp3) is 0.316. The van der Waals surface area contributed by atoms with E-state index in [2.05, 4.69) is 4.72 Å². The summed E-state index contributed by atoms with van der Waals surface area (Å²) in [4.78, 5) is 10.6. The highest BCUT2D eigenvalue weighted by Crippen LogP contribution is 2.30. The van der Waals surface area contributed by atoms with E-state index in [0.717, 1.165) is 11.1 Å². The molecule has 0 aliphatic carbocycles. The standard InChI is InChI=1S/C19H23NO4S/c1-19(2,3)16-6-4-5-7-17(16)20-25(23,24)15-11-8-14(9-12-15)10-13-18(21)22/h4-9,11-12,20H,10,13H2,1-3H3,(H,21,22)/p-1. The van der Waals surface area contributed by atoms with Gasteiger partial charge in [-0.1, -0.05) is 51.1 Å². The smallest absolute Gasteiger partial charge is 0.261 e. The first-order valence-electron chi connectivity index (χ1n) is 8.01. The first-order chi connectivity index (χ1) is 11.6. The van der Waals surface area contributed by atoms with Crippen LogP contribution < -0.4 is 9.83 Å². The molecule has 134 valence electrons. The Bertz CT molecular complexity index is 850. The minimum absolute atomic E-state index is 0.0939. The third kappa shape index (κ3) is 5.06. The highest BCUT2D eigenvalue weighted by molar-refractivity contribution is 7.92. The van der Waals surface area contributed by atoms with Crippen molar-refractivity contribution < 1.29 is 18.3 Å². The maximum absolute atomic E-state index is 12.6. The lowest BCUT2D eigenvalue weighted by Crippen LogP contribution is -2.22. The molecule has 0 aromatic heterocycles. The summed E-state index contributed by atoms with van der Waals surface area (Å²) in [6.07, 6.45) is 0.215. The average molecular weight is 360 g/mol. The largest absolute Gasteiger partial charge is 0.550 e. The van der Waals surface area contributed by atoms with Crippen LogP contribution in [0.4, 0.5) is 5.69 Å². The maximum atomic E-state index is 12.6. The van der Waals surface area contributed by atoms with Crippen LogP contribution in [0.3, 0.4) is 0 Å². The molecule has 0 atom stereocenters. The van der Waals surface area contributed by atoms with Crippen LogP contribution in [-0.4, -0.2) is 14.4 Å². The number of aryl methyl sites for hydroxylation is 1. The van der Waals surface area contributed by atoms with Gasteiger partial charge in [0.2, 0.25) is 0 Å². The Balaban J connectivity index is 2.24. The number of hydrogen-bond donors (Lipinski definition) is 1. The van der Waals surface area contributed by atoms with Crippen molar-refractivity contribution in [2.75, 3.05) is 4.72 Å². The molecule has 0 aliphatic heterocycles. The van der Waals surface area contributed by atoms with Crippen molar-refractivity contribution in [1.29, 1.82) is 0 Å². The molecule has 1 N–H and O–H groups in total. The topological polar surface area (TPSA) is 86.3 Å². The van der Waals surface area contributed by atoms with Gasteiger partial charge in [0.25, 0.3) is 10.0 Å². The fourth-order valence-electron chi connectivity index (χ4n) is 2.51. The van der Waals surface area contributed by atoms with Crippen molar-refractivity contribution in [2.45, 2.75) is 43.9 Å². The fourth-order valence-corrected chi connectivity index (χ4v) is 3.59. The molecular weight excluding hydrogens is 338 g/mol. The molecule has 6 heteroatoms. The molecule has 0 saturated heterocycles. The Morgan fingerprint density at radius 3 is 2.20 bits per heavy atom. The monoisotopic (exact) mass is 360 g/mol. The van der Waals surface area contributed by atoms with E-state index in [1.807, 2.05) is 32.9 Å². The Hall–Kier alpha value is -2.34. The van der Waals surface area contributed by atoms with Gasteiger partial charge in [-0.2, -0.15) is 0 Å². The lowest BCUT2D eigenvalue weighted by molar-refractivity contribution is -0.305. The normalized spacial score (nSPS) is 12.0. The van der Waals surface area contributed by atoms with Crippen molar-refractivity contribution >= 4 is 21.7 Å². The summed E-state index contributed by atoms with van der Waals surface area (Å²) >= 11 is 0. The highest BCUT2D eigenvalue weighted by atomic mass is 32.2. The van der Waals surface area contributed by atoms with Gasteiger partial charge in [-0.25, -0.2) is 8.42 Å². The van der Waals surface area contributed by atoms with Gasteiger partial charge in [0.05, 0.1) is 10.6 Å². The third-order valence-corrected chi connectivity index (χ3v) is 5.21. The van der Waals surface area contributed by atoms with E-state index in [-0.39, 0.29) is 16.7 Å². The number of nitrogens with one attached hydrogen (secondary N) is 1. The van der Waals surface area contributed by atoms with Crippen LogP contribution >= 0.6 is 0 Å². The molecule has 25 heavy (non-hydrogen) atoms. The number of carbonyl (C=O) groups is 1. The van der Waals surface area contributed by atoms with Crippen LogP contribution in [0, 0.1) is 0 Å². The van der Waals surface area contributed by atoms with E-state index in [1.54, 1.807) is 24.3 Å². The number of anilines is 1. The summed E-state index contributed by atoms with van der Waals surface area (Å²) in [5.41, 5.74) is 2.01. The van der Waals surface area contributed by atoms with E-state index in [1.165, 1.54) is 12.1 Å². The first-order valence-corrected chi connectivity index (χ1v) is 9.49. The molecule has 0 aliphatic rings. The van der Waals surface area contributed by atoms with Gasteiger partial charge < -0.3 is 9.90 Å². The van der Waals surface area contributed by atoms with Crippen molar-refractivity contribution in [3.63, 3.8) is 0 Å². The van der Waals surface area contributed by atoms with Crippen LogP contribution in [0.15, 0.2) is 53.4 Å². The molecule has 0 unspecified atom stereocenters. The second-order valence-electron chi connectivity index (χ2n) is 6.92. The molecule has 2 aromatic rings. The molecular formula is C19H22NO4S-. The van der Waals surface area contributed by atoms with Crippen LogP contribution in [0.5, 0.6) is 0 Å². The highest BCUT2D eigenvalue weighted by Gasteiger charge is 2.21. The zero-order valence-corrected chi connectivity index (χ0v) is 15.4. The number of sulfonamides is 1. The zero-order chi connectivity index (χ0) is 18.7. The number of carbonyl (C=O) groups excluding carboxylic acids is 1. The van der Waals surface area contributed by atoms with Crippen LogP contribution in [0.2, 0.25) is 0 Å². The molecule has 5 nitrogen and oxygen atoms in total. The summed E-state index contributed by atoms with van der Waals surface area (Å²) in [7, 11) is -3.72. The van der Waals surface area contributed by atoms with Crippen LogP contribution in [-0.2, 0) is 26.7 Å². The molecule has 0 spiro atoms. The molecule has 2 aromatic carbocycles. The summed E-state index contributed by atoms with van der Waals surface area (Å²) < 4.78 is 27.9. The summed E-state index contributed by atoms with van der Waals surface area (Å²) in [6, 6.07) is 13.5. The SMILES string of the molecule is CC(C)(C)c1ccccc1NS(=O)(=O)c1ccc(CCC(=O)[O-])cc1. The van der Waals surface area contributed by atoms with Crippen molar-refractivity contribution in [2.24, 2.45) is 0 Å². The number of aliphatic carboxylic acids is 1. The molecule has 0 radical (unpaired) electrons. The number of rotatable bonds is 6. The van der Waals surface area contributed by atoms with Gasteiger partial charge in [-0.3, -0.25) is 4.72 Å². The second kappa shape index (κ2) is 7.27. The van der Waals surface area contributed by atoms with E-state index >= 15 is 0 Å². The molecule has 0 amide bonds. The number of para-hydroxylation sites is 1. The summed E-state index contributed by atoms with van der Waals surface area (Å²) in [5.74, 6) is -1.13. The van der Waals surface area contributed by atoms with Crippen molar-refractivity contribution in [3.8, 4) is 0 Å². The van der Waals surface area contributed by atoms with Gasteiger partial charge in [0.1, 0.15) is 0 Å². The summed E-state index contributed by atoms with van der Waals surface area (Å²) in [6.45, 7) is 6.06. The van der Waals surface area contributed by atoms with E-state index in [9.17, 15) is 18.3 Å². The van der Waals surface area contributed by atoms with Gasteiger partial charge in [0, 0.05) is 5.97 Å². The van der Waals surface area contributed by atoms with E-state index < -0.39 is 16.0 Å². The third-order valence-electron chi connectivity index (χ3n) is 3.83. The Labute approximate surface area is 148 Å². The van der Waals surface area contributed by atoms with E-state index in [4.69, 9.17) is 0 Å². The van der Waals surface area contributed by atoms with Gasteiger partial charge in [-0.05, 0) is 47.6 Å². The Kier molecular flexibility index (Phi) is 5.52. The minimum Gasteiger partial charge on any atom is -0.550 e. The Morgan fingerprint density at radius 1 is 1.04 bits per heavy atom. The zero-order valence-electron chi connectivity index (χ0n) is 14.6.